The van der Waals surface area contributed by atoms with Crippen LogP contribution < -0.4 is 5.73 Å². The summed E-state index contributed by atoms with van der Waals surface area (Å²) in [7, 11) is 0. The third-order valence-electron chi connectivity index (χ3n) is 2.84. The Bertz CT molecular complexity index is 333. The van der Waals surface area contributed by atoms with Crippen molar-refractivity contribution in [2.75, 3.05) is 6.54 Å². The number of nitrogens with two attached hydrogens (primary N) is 1. The van der Waals surface area contributed by atoms with E-state index in [1.165, 1.54) is 34.0 Å². The van der Waals surface area contributed by atoms with Crippen LogP contribution in [0.2, 0.25) is 0 Å². The molecule has 0 heterocycles. The Kier molecular flexibility index (Phi) is 2.43. The fraction of sp³-hybridized carbons (Fsp3) is 0.455. The summed E-state index contributed by atoms with van der Waals surface area (Å²) < 4.78 is 1.26. The number of halogens is 1. The number of rotatable bonds is 1. The van der Waals surface area contributed by atoms with Gasteiger partial charge in [-0.25, -0.2) is 0 Å². The molecule has 1 unspecified atom stereocenters. The first-order valence-electron chi connectivity index (χ1n) is 4.71. The van der Waals surface area contributed by atoms with Crippen molar-refractivity contribution >= 4 is 15.9 Å². The standard InChI is InChI=1S/C11H14BrN/c1-7-4-10-8(6-13)2-3-9(10)11(12)5-7/h4-5,8H,2-3,6,13H2,1H3. The van der Waals surface area contributed by atoms with E-state index in [-0.39, 0.29) is 0 Å². The number of hydrogen-bond donors (Lipinski definition) is 1. The average Bonchev–Trinajstić information content (AvgIpc) is 2.47. The minimum atomic E-state index is 0.589. The molecular formula is C11H14BrN. The molecule has 70 valence electrons. The van der Waals surface area contributed by atoms with Gasteiger partial charge in [0.15, 0.2) is 0 Å². The molecule has 2 heteroatoms. The maximum absolute atomic E-state index is 5.73. The van der Waals surface area contributed by atoms with Crippen molar-refractivity contribution in [1.82, 2.24) is 0 Å². The molecule has 1 aliphatic carbocycles. The lowest BCUT2D eigenvalue weighted by atomic mass is 10.00. The second kappa shape index (κ2) is 3.43. The van der Waals surface area contributed by atoms with Crippen LogP contribution in [0.1, 0.15) is 29.0 Å². The quantitative estimate of drug-likeness (QED) is 0.802. The number of benzene rings is 1. The summed E-state index contributed by atoms with van der Waals surface area (Å²) >= 11 is 3.61. The summed E-state index contributed by atoms with van der Waals surface area (Å²) in [5.74, 6) is 0.589. The van der Waals surface area contributed by atoms with Crippen molar-refractivity contribution in [3.63, 3.8) is 0 Å². The molecule has 0 saturated carbocycles. The average molecular weight is 240 g/mol. The zero-order valence-electron chi connectivity index (χ0n) is 7.81. The second-order valence-corrected chi connectivity index (χ2v) is 4.64. The number of fused-ring (bicyclic) bond motifs is 1. The smallest absolute Gasteiger partial charge is 0.0212 e. The Labute approximate surface area is 87.5 Å². The summed E-state index contributed by atoms with van der Waals surface area (Å²) in [6.07, 6.45) is 2.39. The molecule has 2 rings (SSSR count). The van der Waals surface area contributed by atoms with Crippen molar-refractivity contribution in [2.24, 2.45) is 5.73 Å². The number of hydrogen-bond acceptors (Lipinski definition) is 1. The molecule has 1 atom stereocenters. The van der Waals surface area contributed by atoms with Crippen LogP contribution in [0.3, 0.4) is 0 Å². The zero-order chi connectivity index (χ0) is 9.42. The minimum Gasteiger partial charge on any atom is -0.330 e. The molecule has 0 radical (unpaired) electrons. The van der Waals surface area contributed by atoms with Crippen LogP contribution in [0.15, 0.2) is 16.6 Å². The maximum atomic E-state index is 5.73. The molecule has 0 fully saturated rings. The van der Waals surface area contributed by atoms with Gasteiger partial charge in [0, 0.05) is 4.47 Å². The third kappa shape index (κ3) is 1.53. The lowest BCUT2D eigenvalue weighted by Gasteiger charge is -2.09. The van der Waals surface area contributed by atoms with Gasteiger partial charge in [0.2, 0.25) is 0 Å². The predicted octanol–water partition coefficient (Wildman–Crippen LogP) is 2.75. The van der Waals surface area contributed by atoms with Crippen LogP contribution in [-0.4, -0.2) is 6.54 Å². The van der Waals surface area contributed by atoms with E-state index in [1.807, 2.05) is 0 Å². The van der Waals surface area contributed by atoms with Crippen LogP contribution in [0, 0.1) is 6.92 Å². The van der Waals surface area contributed by atoms with E-state index < -0.39 is 0 Å². The lowest BCUT2D eigenvalue weighted by molar-refractivity contribution is 0.688. The Morgan fingerprint density at radius 3 is 3.00 bits per heavy atom. The molecular weight excluding hydrogens is 226 g/mol. The molecule has 0 bridgehead atoms. The van der Waals surface area contributed by atoms with Gasteiger partial charge in [-0.1, -0.05) is 22.0 Å². The Morgan fingerprint density at radius 1 is 1.54 bits per heavy atom. The first-order chi connectivity index (χ1) is 6.22. The maximum Gasteiger partial charge on any atom is 0.0212 e. The molecule has 0 saturated heterocycles. The highest BCUT2D eigenvalue weighted by Crippen LogP contribution is 2.37. The van der Waals surface area contributed by atoms with Gasteiger partial charge >= 0.3 is 0 Å². The fourth-order valence-corrected chi connectivity index (χ4v) is 2.93. The van der Waals surface area contributed by atoms with Crippen LogP contribution in [-0.2, 0) is 6.42 Å². The van der Waals surface area contributed by atoms with Gasteiger partial charge in [0.1, 0.15) is 0 Å². The molecule has 1 aromatic rings. The molecule has 1 aromatic carbocycles. The normalized spacial score (nSPS) is 20.4. The number of aryl methyl sites for hydroxylation is 1. The summed E-state index contributed by atoms with van der Waals surface area (Å²) in [6, 6.07) is 4.47. The highest BCUT2D eigenvalue weighted by atomic mass is 79.9. The van der Waals surface area contributed by atoms with Gasteiger partial charge in [0.25, 0.3) is 0 Å². The first kappa shape index (κ1) is 9.22. The monoisotopic (exact) mass is 239 g/mol. The second-order valence-electron chi connectivity index (χ2n) is 3.79. The highest BCUT2D eigenvalue weighted by molar-refractivity contribution is 9.10. The van der Waals surface area contributed by atoms with E-state index in [1.54, 1.807) is 0 Å². The van der Waals surface area contributed by atoms with E-state index >= 15 is 0 Å². The van der Waals surface area contributed by atoms with E-state index in [9.17, 15) is 0 Å². The van der Waals surface area contributed by atoms with E-state index in [0.29, 0.717) is 5.92 Å². The Hall–Kier alpha value is -0.340. The predicted molar refractivity (Wildman–Crippen MR) is 59.0 cm³/mol. The largest absolute Gasteiger partial charge is 0.330 e. The van der Waals surface area contributed by atoms with Crippen molar-refractivity contribution in [1.29, 1.82) is 0 Å². The molecule has 0 amide bonds. The lowest BCUT2D eigenvalue weighted by Crippen LogP contribution is -2.09. The molecule has 2 N–H and O–H groups in total. The van der Waals surface area contributed by atoms with E-state index in [4.69, 9.17) is 5.73 Å². The van der Waals surface area contributed by atoms with E-state index in [2.05, 4.69) is 35.0 Å². The van der Waals surface area contributed by atoms with Gasteiger partial charge < -0.3 is 5.73 Å². The zero-order valence-corrected chi connectivity index (χ0v) is 9.39. The summed E-state index contributed by atoms with van der Waals surface area (Å²) in [5.41, 5.74) is 10.00. The minimum absolute atomic E-state index is 0.589. The molecule has 1 aliphatic rings. The molecule has 0 aromatic heterocycles. The van der Waals surface area contributed by atoms with Crippen LogP contribution in [0.5, 0.6) is 0 Å². The summed E-state index contributed by atoms with van der Waals surface area (Å²) in [5, 5.41) is 0. The van der Waals surface area contributed by atoms with E-state index in [0.717, 1.165) is 6.54 Å². The van der Waals surface area contributed by atoms with Crippen LogP contribution in [0.25, 0.3) is 0 Å². The fourth-order valence-electron chi connectivity index (χ4n) is 2.15. The molecule has 0 aliphatic heterocycles. The molecule has 13 heavy (non-hydrogen) atoms. The van der Waals surface area contributed by atoms with Crippen molar-refractivity contribution in [3.05, 3.63) is 33.3 Å². The van der Waals surface area contributed by atoms with Gasteiger partial charge in [-0.05, 0) is 55.0 Å². The third-order valence-corrected chi connectivity index (χ3v) is 3.55. The molecule has 1 nitrogen and oxygen atoms in total. The van der Waals surface area contributed by atoms with Crippen molar-refractivity contribution in [3.8, 4) is 0 Å². The van der Waals surface area contributed by atoms with Gasteiger partial charge in [0.05, 0.1) is 0 Å². The topological polar surface area (TPSA) is 26.0 Å². The Morgan fingerprint density at radius 2 is 2.31 bits per heavy atom. The summed E-state index contributed by atoms with van der Waals surface area (Å²) in [4.78, 5) is 0. The van der Waals surface area contributed by atoms with Gasteiger partial charge in [-0.3, -0.25) is 0 Å². The Balaban J connectivity index is 2.51. The summed E-state index contributed by atoms with van der Waals surface area (Å²) in [6.45, 7) is 2.92. The highest BCUT2D eigenvalue weighted by Gasteiger charge is 2.22. The van der Waals surface area contributed by atoms with Gasteiger partial charge in [-0.2, -0.15) is 0 Å². The van der Waals surface area contributed by atoms with Crippen molar-refractivity contribution < 1.29 is 0 Å². The SMILES string of the molecule is Cc1cc(Br)c2c(c1)C(CN)CC2. The van der Waals surface area contributed by atoms with Crippen LogP contribution >= 0.6 is 15.9 Å². The molecule has 0 spiro atoms. The van der Waals surface area contributed by atoms with Crippen molar-refractivity contribution in [2.45, 2.75) is 25.7 Å². The van der Waals surface area contributed by atoms with Gasteiger partial charge in [-0.15, -0.1) is 0 Å². The van der Waals surface area contributed by atoms with Crippen LogP contribution in [0.4, 0.5) is 0 Å². The first-order valence-corrected chi connectivity index (χ1v) is 5.50.